The van der Waals surface area contributed by atoms with Gasteiger partial charge < -0.3 is 0 Å². The maximum atomic E-state index is 11.5. The molecule has 1 amide bonds. The monoisotopic (exact) mass is 301 g/mol. The number of hydrogen-bond donors (Lipinski definition) is 1. The van der Waals surface area contributed by atoms with Crippen LogP contribution in [0.3, 0.4) is 0 Å². The van der Waals surface area contributed by atoms with Gasteiger partial charge in [-0.2, -0.15) is 0 Å². The van der Waals surface area contributed by atoms with Gasteiger partial charge in [0, 0.05) is 0 Å². The number of aliphatic imine (C=N–C) groups is 1. The first kappa shape index (κ1) is 9.64. The third kappa shape index (κ3) is 1.66. The van der Waals surface area contributed by atoms with Crippen LogP contribution in [0.25, 0.3) is 0 Å². The normalized spacial score (nSPS) is 14.1. The molecule has 0 radical (unpaired) electrons. The maximum absolute atomic E-state index is 11.5. The number of nitrogens with one attached hydrogen (secondary N) is 1. The van der Waals surface area contributed by atoms with Crippen LogP contribution in [-0.2, 0) is 4.43 Å². The molecule has 0 unspecified atom stereocenters. The molecule has 0 saturated heterocycles. The number of halogens is 1. The van der Waals surface area contributed by atoms with Gasteiger partial charge in [-0.05, 0) is 0 Å². The number of nitrogens with zero attached hydrogens (tertiary/aromatic N) is 1. The van der Waals surface area contributed by atoms with Crippen LogP contribution >= 0.6 is 0 Å². The molecule has 0 saturated carbocycles. The van der Waals surface area contributed by atoms with E-state index >= 15 is 0 Å². The summed E-state index contributed by atoms with van der Waals surface area (Å²) < 4.78 is 3.02. The Balaban J connectivity index is 2.51. The van der Waals surface area contributed by atoms with E-state index in [2.05, 4.69) is 10.3 Å². The molecular weight excluding hydrogens is 291 g/mol. The van der Waals surface area contributed by atoms with Crippen LogP contribution < -0.4 is 26.5 Å². The fourth-order valence-corrected chi connectivity index (χ4v) is 3.32. The van der Waals surface area contributed by atoms with Crippen LogP contribution in [0.1, 0.15) is 15.9 Å². The SMILES string of the molecule is CNC(=O)c1cccc2c1C[I-]C=N2. The summed E-state index contributed by atoms with van der Waals surface area (Å²) in [5.41, 5.74) is 2.85. The van der Waals surface area contributed by atoms with Crippen molar-refractivity contribution in [3.05, 3.63) is 29.3 Å². The fraction of sp³-hybridized carbons (Fsp3) is 0.200. The van der Waals surface area contributed by atoms with Crippen LogP contribution in [0.2, 0.25) is 0 Å². The first-order valence-corrected chi connectivity index (χ1v) is 7.04. The van der Waals surface area contributed by atoms with Gasteiger partial charge in [-0.3, -0.25) is 0 Å². The molecular formula is C10H10IN2O-. The van der Waals surface area contributed by atoms with Crippen LogP contribution in [0.15, 0.2) is 23.2 Å². The van der Waals surface area contributed by atoms with Gasteiger partial charge in [0.1, 0.15) is 0 Å². The number of carbonyl (C=O) groups excluding carboxylic acids is 1. The topological polar surface area (TPSA) is 41.5 Å². The molecule has 2 rings (SSSR count). The van der Waals surface area contributed by atoms with E-state index in [0.717, 1.165) is 21.2 Å². The second-order valence-electron chi connectivity index (χ2n) is 2.90. The van der Waals surface area contributed by atoms with E-state index in [1.54, 1.807) is 7.05 Å². The first-order valence-electron chi connectivity index (χ1n) is 4.27. The van der Waals surface area contributed by atoms with Crippen LogP contribution in [0.5, 0.6) is 0 Å². The second kappa shape index (κ2) is 4.08. The second-order valence-corrected chi connectivity index (χ2v) is 5.10. The Kier molecular flexibility index (Phi) is 2.81. The summed E-state index contributed by atoms with van der Waals surface area (Å²) in [5, 5.41) is 2.65. The number of hydrogen-bond acceptors (Lipinski definition) is 2. The van der Waals surface area contributed by atoms with Gasteiger partial charge in [0.2, 0.25) is 0 Å². The molecule has 1 aromatic carbocycles. The van der Waals surface area contributed by atoms with E-state index in [1.807, 2.05) is 22.4 Å². The molecule has 1 aliphatic heterocycles. The molecule has 1 aromatic rings. The van der Waals surface area contributed by atoms with Crippen molar-refractivity contribution in [3.8, 4) is 0 Å². The number of amides is 1. The summed E-state index contributed by atoms with van der Waals surface area (Å²) in [6.07, 6.45) is 0. The van der Waals surface area contributed by atoms with Crippen molar-refractivity contribution in [1.82, 2.24) is 5.32 Å². The molecule has 1 heterocycles. The van der Waals surface area contributed by atoms with Crippen LogP contribution in [0.4, 0.5) is 5.69 Å². The molecule has 0 aromatic heterocycles. The summed E-state index contributed by atoms with van der Waals surface area (Å²) >= 11 is 0.00644. The Bertz CT molecular complexity index is 401. The Morgan fingerprint density at radius 1 is 1.57 bits per heavy atom. The van der Waals surface area contributed by atoms with Crippen molar-refractivity contribution in [1.29, 1.82) is 0 Å². The van der Waals surface area contributed by atoms with Gasteiger partial charge in [0.05, 0.1) is 0 Å². The van der Waals surface area contributed by atoms with Gasteiger partial charge in [0.15, 0.2) is 0 Å². The Hall–Kier alpha value is -0.910. The summed E-state index contributed by atoms with van der Waals surface area (Å²) in [7, 11) is 1.66. The number of carbonyl (C=O) groups is 1. The predicted molar refractivity (Wildman–Crippen MR) is 51.7 cm³/mol. The zero-order valence-corrected chi connectivity index (χ0v) is 9.91. The van der Waals surface area contributed by atoms with Crippen molar-refractivity contribution < 1.29 is 26.0 Å². The zero-order valence-electron chi connectivity index (χ0n) is 7.75. The zero-order chi connectivity index (χ0) is 9.97. The van der Waals surface area contributed by atoms with Gasteiger partial charge in [-0.1, -0.05) is 0 Å². The third-order valence-electron chi connectivity index (χ3n) is 2.09. The molecule has 14 heavy (non-hydrogen) atoms. The molecule has 1 aliphatic rings. The molecule has 0 bridgehead atoms. The Morgan fingerprint density at radius 3 is 3.21 bits per heavy atom. The fourth-order valence-electron chi connectivity index (χ4n) is 1.38. The first-order chi connectivity index (χ1) is 6.83. The predicted octanol–water partition coefficient (Wildman–Crippen LogP) is -1.69. The molecule has 3 nitrogen and oxygen atoms in total. The van der Waals surface area contributed by atoms with Crippen molar-refractivity contribution in [2.45, 2.75) is 4.43 Å². The number of alkyl halides is 1. The number of fused-ring (bicyclic) bond motifs is 1. The summed E-state index contributed by atoms with van der Waals surface area (Å²) in [5.74, 6) is -0.0111. The van der Waals surface area contributed by atoms with E-state index in [4.69, 9.17) is 0 Å². The Labute approximate surface area is 92.9 Å². The molecule has 0 spiro atoms. The average molecular weight is 301 g/mol. The van der Waals surface area contributed by atoms with Crippen molar-refractivity contribution in [2.75, 3.05) is 7.05 Å². The summed E-state index contributed by atoms with van der Waals surface area (Å²) in [4.78, 5) is 15.8. The molecule has 4 heteroatoms. The van der Waals surface area contributed by atoms with E-state index in [-0.39, 0.29) is 27.1 Å². The number of rotatable bonds is 1. The quantitative estimate of drug-likeness (QED) is 0.488. The minimum atomic E-state index is -0.0111. The van der Waals surface area contributed by atoms with E-state index < -0.39 is 0 Å². The third-order valence-corrected chi connectivity index (χ3v) is 3.97. The van der Waals surface area contributed by atoms with E-state index in [9.17, 15) is 4.79 Å². The molecule has 0 fully saturated rings. The molecule has 1 N–H and O–H groups in total. The van der Waals surface area contributed by atoms with E-state index in [0.29, 0.717) is 0 Å². The average Bonchev–Trinajstić information content (AvgIpc) is 2.27. The van der Waals surface area contributed by atoms with E-state index in [1.165, 1.54) is 0 Å². The molecule has 74 valence electrons. The van der Waals surface area contributed by atoms with Gasteiger partial charge in [0.25, 0.3) is 0 Å². The van der Waals surface area contributed by atoms with Crippen molar-refractivity contribution >= 4 is 15.8 Å². The standard InChI is InChI=1S/C10H10IN2O/c1-12-10(14)7-3-2-4-9-8(7)5-11-6-13-9/h2-4,6H,5H2,1H3,(H,12,14)/q-1. The number of benzene rings is 1. The van der Waals surface area contributed by atoms with Crippen LogP contribution in [0, 0.1) is 0 Å². The van der Waals surface area contributed by atoms with Crippen LogP contribution in [-0.4, -0.2) is 17.2 Å². The van der Waals surface area contributed by atoms with Gasteiger partial charge >= 0.3 is 92.9 Å². The minimum absolute atomic E-state index is 0.00644. The molecule has 0 atom stereocenters. The molecule has 0 aliphatic carbocycles. The Morgan fingerprint density at radius 2 is 2.43 bits per heavy atom. The summed E-state index contributed by atoms with van der Waals surface area (Å²) in [6, 6.07) is 5.70. The summed E-state index contributed by atoms with van der Waals surface area (Å²) in [6.45, 7) is 0. The van der Waals surface area contributed by atoms with Crippen molar-refractivity contribution in [3.63, 3.8) is 0 Å². The van der Waals surface area contributed by atoms with Crippen molar-refractivity contribution in [2.24, 2.45) is 4.99 Å². The van der Waals surface area contributed by atoms with Gasteiger partial charge in [-0.25, -0.2) is 0 Å². The van der Waals surface area contributed by atoms with Gasteiger partial charge in [-0.15, -0.1) is 0 Å².